The number of anilines is 2. The molecule has 104 valence electrons. The lowest BCUT2D eigenvalue weighted by atomic mass is 10.4. The molecule has 0 radical (unpaired) electrons. The van der Waals surface area contributed by atoms with E-state index in [2.05, 4.69) is 26.2 Å². The molecule has 0 aliphatic rings. The fourth-order valence-corrected chi connectivity index (χ4v) is 1.48. The van der Waals surface area contributed by atoms with Crippen molar-refractivity contribution in [2.75, 3.05) is 29.9 Å². The second kappa shape index (κ2) is 7.41. The van der Waals surface area contributed by atoms with E-state index in [1.807, 2.05) is 25.7 Å². The molecule has 1 aromatic heterocycles. The Kier molecular flexibility index (Phi) is 5.86. The van der Waals surface area contributed by atoms with Gasteiger partial charge < -0.3 is 15.0 Å². The largest absolute Gasteiger partial charge is 0.447 e. The minimum absolute atomic E-state index is 0.248. The molecule has 1 heterocycles. The van der Waals surface area contributed by atoms with Gasteiger partial charge in [-0.3, -0.25) is 0 Å². The number of ether oxygens (including phenoxy) is 1. The SMILES string of the molecule is C#CC(C)Oc1nc(NCC)nc(N(CC)CC)n1. The second-order valence-corrected chi connectivity index (χ2v) is 3.87. The van der Waals surface area contributed by atoms with Crippen molar-refractivity contribution in [1.29, 1.82) is 0 Å². The average molecular weight is 263 g/mol. The third-order valence-corrected chi connectivity index (χ3v) is 2.50. The van der Waals surface area contributed by atoms with Crippen LogP contribution in [-0.2, 0) is 0 Å². The van der Waals surface area contributed by atoms with Crippen LogP contribution in [0.4, 0.5) is 11.9 Å². The summed E-state index contributed by atoms with van der Waals surface area (Å²) < 4.78 is 5.47. The molecule has 6 nitrogen and oxygen atoms in total. The van der Waals surface area contributed by atoms with Crippen molar-refractivity contribution in [1.82, 2.24) is 15.0 Å². The van der Waals surface area contributed by atoms with Gasteiger partial charge in [-0.25, -0.2) is 0 Å². The Morgan fingerprint density at radius 1 is 1.26 bits per heavy atom. The number of hydrogen-bond donors (Lipinski definition) is 1. The highest BCUT2D eigenvalue weighted by Crippen LogP contribution is 2.15. The van der Waals surface area contributed by atoms with Gasteiger partial charge in [-0.05, 0) is 27.7 Å². The lowest BCUT2D eigenvalue weighted by Gasteiger charge is -2.19. The van der Waals surface area contributed by atoms with Crippen molar-refractivity contribution >= 4 is 11.9 Å². The molecule has 0 aliphatic carbocycles. The molecule has 6 heteroatoms. The number of hydrogen-bond acceptors (Lipinski definition) is 6. The number of nitrogens with zero attached hydrogens (tertiary/aromatic N) is 4. The van der Waals surface area contributed by atoms with Gasteiger partial charge in [0.25, 0.3) is 0 Å². The Bertz CT molecular complexity index is 439. The van der Waals surface area contributed by atoms with E-state index in [9.17, 15) is 0 Å². The van der Waals surface area contributed by atoms with E-state index in [0.717, 1.165) is 19.6 Å². The lowest BCUT2D eigenvalue weighted by Crippen LogP contribution is -2.25. The monoisotopic (exact) mass is 263 g/mol. The fourth-order valence-electron chi connectivity index (χ4n) is 1.48. The summed E-state index contributed by atoms with van der Waals surface area (Å²) in [7, 11) is 0. The van der Waals surface area contributed by atoms with Gasteiger partial charge in [0, 0.05) is 19.6 Å². The number of rotatable bonds is 7. The van der Waals surface area contributed by atoms with Crippen molar-refractivity contribution in [3.63, 3.8) is 0 Å². The smallest absolute Gasteiger partial charge is 0.324 e. The molecular weight excluding hydrogens is 242 g/mol. The van der Waals surface area contributed by atoms with Crippen molar-refractivity contribution in [2.45, 2.75) is 33.8 Å². The van der Waals surface area contributed by atoms with Crippen LogP contribution in [-0.4, -0.2) is 40.7 Å². The summed E-state index contributed by atoms with van der Waals surface area (Å²) in [5, 5.41) is 3.06. The summed E-state index contributed by atoms with van der Waals surface area (Å²) >= 11 is 0. The van der Waals surface area contributed by atoms with Gasteiger partial charge in [0.2, 0.25) is 11.9 Å². The molecular formula is C13H21N5O. The first-order valence-corrected chi connectivity index (χ1v) is 6.52. The highest BCUT2D eigenvalue weighted by molar-refractivity contribution is 5.38. The quantitative estimate of drug-likeness (QED) is 0.753. The topological polar surface area (TPSA) is 63.2 Å². The molecule has 1 unspecified atom stereocenters. The van der Waals surface area contributed by atoms with Gasteiger partial charge in [-0.15, -0.1) is 6.42 Å². The first-order valence-electron chi connectivity index (χ1n) is 6.52. The molecule has 1 atom stereocenters. The number of aromatic nitrogens is 3. The van der Waals surface area contributed by atoms with Gasteiger partial charge in [0.1, 0.15) is 0 Å². The normalized spacial score (nSPS) is 11.5. The summed E-state index contributed by atoms with van der Waals surface area (Å²) in [6, 6.07) is 0.248. The Hall–Kier alpha value is -2.03. The highest BCUT2D eigenvalue weighted by Gasteiger charge is 2.12. The van der Waals surface area contributed by atoms with Crippen LogP contribution < -0.4 is 15.0 Å². The predicted molar refractivity (Wildman–Crippen MR) is 76.5 cm³/mol. The zero-order chi connectivity index (χ0) is 14.3. The van der Waals surface area contributed by atoms with Gasteiger partial charge in [-0.1, -0.05) is 5.92 Å². The minimum Gasteiger partial charge on any atom is -0.447 e. The van der Waals surface area contributed by atoms with E-state index in [-0.39, 0.29) is 12.1 Å². The van der Waals surface area contributed by atoms with Crippen LogP contribution in [0.1, 0.15) is 27.7 Å². The maximum atomic E-state index is 5.47. The molecule has 19 heavy (non-hydrogen) atoms. The highest BCUT2D eigenvalue weighted by atomic mass is 16.5. The third kappa shape index (κ3) is 4.28. The summed E-state index contributed by atoms with van der Waals surface area (Å²) in [6.07, 6.45) is 4.92. The van der Waals surface area contributed by atoms with Crippen LogP contribution in [0.3, 0.4) is 0 Å². The van der Waals surface area contributed by atoms with E-state index >= 15 is 0 Å². The molecule has 0 saturated heterocycles. The Morgan fingerprint density at radius 3 is 2.47 bits per heavy atom. The maximum Gasteiger partial charge on any atom is 0.324 e. The molecule has 0 aliphatic heterocycles. The maximum absolute atomic E-state index is 5.47. The average Bonchev–Trinajstić information content (AvgIpc) is 2.40. The zero-order valence-electron chi connectivity index (χ0n) is 12.0. The van der Waals surface area contributed by atoms with Gasteiger partial charge in [0.15, 0.2) is 6.10 Å². The Labute approximate surface area is 114 Å². The molecule has 0 amide bonds. The molecule has 0 spiro atoms. The van der Waals surface area contributed by atoms with Gasteiger partial charge in [0.05, 0.1) is 0 Å². The Balaban J connectivity index is 3.06. The number of terminal acetylenes is 1. The standard InChI is InChI=1S/C13H21N5O/c1-6-10(5)19-13-16-11(14-7-2)15-12(17-13)18(8-3)9-4/h1,10H,7-9H2,2-5H3,(H,14,15,16,17). The first-order chi connectivity index (χ1) is 9.14. The molecule has 1 N–H and O–H groups in total. The molecule has 1 rings (SSSR count). The van der Waals surface area contributed by atoms with Gasteiger partial charge >= 0.3 is 6.01 Å². The van der Waals surface area contributed by atoms with E-state index in [0.29, 0.717) is 11.9 Å². The minimum atomic E-state index is -0.374. The van der Waals surface area contributed by atoms with Crippen molar-refractivity contribution in [3.05, 3.63) is 0 Å². The lowest BCUT2D eigenvalue weighted by molar-refractivity contribution is 0.255. The second-order valence-electron chi connectivity index (χ2n) is 3.87. The summed E-state index contributed by atoms with van der Waals surface area (Å²) in [4.78, 5) is 14.9. The molecule has 0 fully saturated rings. The van der Waals surface area contributed by atoms with E-state index < -0.39 is 0 Å². The molecule has 1 aromatic rings. The summed E-state index contributed by atoms with van der Waals surface area (Å²) in [5.41, 5.74) is 0. The molecule has 0 aromatic carbocycles. The van der Waals surface area contributed by atoms with E-state index in [1.54, 1.807) is 6.92 Å². The van der Waals surface area contributed by atoms with Crippen molar-refractivity contribution < 1.29 is 4.74 Å². The van der Waals surface area contributed by atoms with Crippen LogP contribution in [0, 0.1) is 12.3 Å². The Morgan fingerprint density at radius 2 is 1.95 bits per heavy atom. The van der Waals surface area contributed by atoms with Crippen LogP contribution in [0.2, 0.25) is 0 Å². The van der Waals surface area contributed by atoms with E-state index in [4.69, 9.17) is 11.2 Å². The van der Waals surface area contributed by atoms with E-state index in [1.165, 1.54) is 0 Å². The van der Waals surface area contributed by atoms with Crippen LogP contribution in [0.5, 0.6) is 6.01 Å². The zero-order valence-corrected chi connectivity index (χ0v) is 12.0. The fraction of sp³-hybridized carbons (Fsp3) is 0.615. The van der Waals surface area contributed by atoms with Crippen molar-refractivity contribution in [2.24, 2.45) is 0 Å². The summed E-state index contributed by atoms with van der Waals surface area (Å²) in [5.74, 6) is 3.58. The van der Waals surface area contributed by atoms with Crippen molar-refractivity contribution in [3.8, 4) is 18.4 Å². The first kappa shape index (κ1) is 15.0. The summed E-state index contributed by atoms with van der Waals surface area (Å²) in [6.45, 7) is 10.2. The predicted octanol–water partition coefficient (Wildman–Crippen LogP) is 1.55. The van der Waals surface area contributed by atoms with Crippen LogP contribution in [0.25, 0.3) is 0 Å². The van der Waals surface area contributed by atoms with Crippen LogP contribution in [0.15, 0.2) is 0 Å². The molecule has 0 bridgehead atoms. The number of nitrogens with one attached hydrogen (secondary N) is 1. The van der Waals surface area contributed by atoms with Gasteiger partial charge in [-0.2, -0.15) is 15.0 Å². The van der Waals surface area contributed by atoms with Crippen LogP contribution >= 0.6 is 0 Å². The third-order valence-electron chi connectivity index (χ3n) is 2.50. The molecule has 0 saturated carbocycles.